The van der Waals surface area contributed by atoms with E-state index in [4.69, 9.17) is 0 Å². The zero-order valence-corrected chi connectivity index (χ0v) is 13.3. The van der Waals surface area contributed by atoms with E-state index >= 15 is 0 Å². The summed E-state index contributed by atoms with van der Waals surface area (Å²) in [5.41, 5.74) is 1.32. The molecule has 0 N–H and O–H groups in total. The minimum atomic E-state index is 0.442. The third-order valence-corrected chi connectivity index (χ3v) is 2.94. The summed E-state index contributed by atoms with van der Waals surface area (Å²) in [6, 6.07) is 10.3. The molecule has 0 unspecified atom stereocenters. The Kier molecular flexibility index (Phi) is 10.1. The van der Waals surface area contributed by atoms with E-state index in [1.54, 1.807) is 0 Å². The van der Waals surface area contributed by atoms with Crippen LogP contribution in [-0.4, -0.2) is 5.78 Å². The third-order valence-electron chi connectivity index (χ3n) is 2.94. The minimum absolute atomic E-state index is 0.442. The standard InChI is InChI=1S/C11H22O.C7H8/c1-9(2)5-7-11(12)8-6-10(3)4;1-7-5-3-2-4-6-7/h9-10H,5-8H2,1-4H3;2-6H,1H3. The fourth-order valence-corrected chi connectivity index (χ4v) is 1.56. The molecule has 0 amide bonds. The molecular formula is C18H30O. The number of carbonyl (C=O) groups excluding carboxylic acids is 1. The van der Waals surface area contributed by atoms with Crippen LogP contribution in [-0.2, 0) is 4.79 Å². The molecule has 0 aliphatic heterocycles. The van der Waals surface area contributed by atoms with Gasteiger partial charge in [0.05, 0.1) is 0 Å². The number of hydrogen-bond donors (Lipinski definition) is 0. The molecule has 0 spiro atoms. The van der Waals surface area contributed by atoms with Crippen molar-refractivity contribution < 1.29 is 4.79 Å². The molecule has 108 valence electrons. The zero-order chi connectivity index (χ0) is 14.7. The Labute approximate surface area is 119 Å². The third kappa shape index (κ3) is 13.1. The van der Waals surface area contributed by atoms with Gasteiger partial charge in [0.15, 0.2) is 0 Å². The molecule has 1 aromatic carbocycles. The highest BCUT2D eigenvalue weighted by Gasteiger charge is 2.04. The Morgan fingerprint density at radius 1 is 0.895 bits per heavy atom. The lowest BCUT2D eigenvalue weighted by Crippen LogP contribution is -2.02. The van der Waals surface area contributed by atoms with Gasteiger partial charge >= 0.3 is 0 Å². The second kappa shape index (κ2) is 10.8. The van der Waals surface area contributed by atoms with E-state index in [1.165, 1.54) is 5.56 Å². The van der Waals surface area contributed by atoms with Crippen LogP contribution in [0.5, 0.6) is 0 Å². The Bertz CT molecular complexity index is 311. The first-order valence-corrected chi connectivity index (χ1v) is 7.45. The van der Waals surface area contributed by atoms with E-state index in [0.717, 1.165) is 25.7 Å². The lowest BCUT2D eigenvalue weighted by atomic mass is 10.0. The highest BCUT2D eigenvalue weighted by Crippen LogP contribution is 2.09. The molecule has 0 aromatic heterocycles. The number of benzene rings is 1. The SMILES string of the molecule is CC(C)CCC(=O)CCC(C)C.Cc1ccccc1. The van der Waals surface area contributed by atoms with Crippen molar-refractivity contribution in [3.05, 3.63) is 35.9 Å². The summed E-state index contributed by atoms with van der Waals surface area (Å²) in [5, 5.41) is 0. The quantitative estimate of drug-likeness (QED) is 0.668. The normalized spacial score (nSPS) is 10.3. The maximum absolute atomic E-state index is 11.3. The molecule has 1 aromatic rings. The van der Waals surface area contributed by atoms with Crippen molar-refractivity contribution in [1.29, 1.82) is 0 Å². The summed E-state index contributed by atoms with van der Waals surface area (Å²) in [6.45, 7) is 10.7. The zero-order valence-electron chi connectivity index (χ0n) is 13.3. The van der Waals surface area contributed by atoms with E-state index in [9.17, 15) is 4.79 Å². The summed E-state index contributed by atoms with van der Waals surface area (Å²) in [6.07, 6.45) is 3.67. The topological polar surface area (TPSA) is 17.1 Å². The van der Waals surface area contributed by atoms with Crippen LogP contribution < -0.4 is 0 Å². The number of ketones is 1. The van der Waals surface area contributed by atoms with E-state index in [0.29, 0.717) is 17.6 Å². The van der Waals surface area contributed by atoms with Crippen molar-refractivity contribution in [3.8, 4) is 0 Å². The van der Waals surface area contributed by atoms with Gasteiger partial charge in [-0.3, -0.25) is 4.79 Å². The summed E-state index contributed by atoms with van der Waals surface area (Å²) >= 11 is 0. The number of Topliss-reactive ketones (excluding diaryl/α,β-unsaturated/α-hetero) is 1. The fraction of sp³-hybridized carbons (Fsp3) is 0.611. The van der Waals surface area contributed by atoms with Gasteiger partial charge in [0.25, 0.3) is 0 Å². The second-order valence-electron chi connectivity index (χ2n) is 6.06. The van der Waals surface area contributed by atoms with Gasteiger partial charge in [-0.2, -0.15) is 0 Å². The highest BCUT2D eigenvalue weighted by atomic mass is 16.1. The Hall–Kier alpha value is -1.11. The molecule has 0 bridgehead atoms. The molecule has 1 heteroatoms. The lowest BCUT2D eigenvalue weighted by molar-refractivity contribution is -0.119. The number of rotatable bonds is 6. The van der Waals surface area contributed by atoms with Crippen molar-refractivity contribution in [1.82, 2.24) is 0 Å². The summed E-state index contributed by atoms with van der Waals surface area (Å²) < 4.78 is 0. The summed E-state index contributed by atoms with van der Waals surface area (Å²) in [4.78, 5) is 11.3. The first-order chi connectivity index (χ1) is 8.91. The van der Waals surface area contributed by atoms with Crippen molar-refractivity contribution in [2.45, 2.75) is 60.3 Å². The van der Waals surface area contributed by atoms with Crippen LogP contribution in [0.15, 0.2) is 30.3 Å². The van der Waals surface area contributed by atoms with Crippen molar-refractivity contribution in [2.75, 3.05) is 0 Å². The average molecular weight is 262 g/mol. The molecule has 0 radical (unpaired) electrons. The largest absolute Gasteiger partial charge is 0.300 e. The predicted octanol–water partition coefficient (Wildman–Crippen LogP) is 5.42. The first-order valence-electron chi connectivity index (χ1n) is 7.45. The minimum Gasteiger partial charge on any atom is -0.300 e. The van der Waals surface area contributed by atoms with Crippen molar-refractivity contribution in [3.63, 3.8) is 0 Å². The van der Waals surface area contributed by atoms with Crippen LogP contribution >= 0.6 is 0 Å². The average Bonchev–Trinajstić information content (AvgIpc) is 2.35. The maximum atomic E-state index is 11.3. The van der Waals surface area contributed by atoms with Gasteiger partial charge in [-0.25, -0.2) is 0 Å². The maximum Gasteiger partial charge on any atom is 0.132 e. The molecule has 0 aliphatic rings. The van der Waals surface area contributed by atoms with Gasteiger partial charge < -0.3 is 0 Å². The smallest absolute Gasteiger partial charge is 0.132 e. The van der Waals surface area contributed by atoms with E-state index in [-0.39, 0.29) is 0 Å². The predicted molar refractivity (Wildman–Crippen MR) is 84.3 cm³/mol. The summed E-state index contributed by atoms with van der Waals surface area (Å²) in [7, 11) is 0. The van der Waals surface area contributed by atoms with Crippen molar-refractivity contribution in [2.24, 2.45) is 11.8 Å². The molecular weight excluding hydrogens is 232 g/mol. The molecule has 1 nitrogen and oxygen atoms in total. The van der Waals surface area contributed by atoms with Gasteiger partial charge in [0, 0.05) is 12.8 Å². The molecule has 0 atom stereocenters. The fourth-order valence-electron chi connectivity index (χ4n) is 1.56. The van der Waals surface area contributed by atoms with Gasteiger partial charge in [0.1, 0.15) is 5.78 Å². The molecule has 0 fully saturated rings. The van der Waals surface area contributed by atoms with Crippen LogP contribution in [0.2, 0.25) is 0 Å². The van der Waals surface area contributed by atoms with E-state index < -0.39 is 0 Å². The molecule has 0 saturated heterocycles. The lowest BCUT2D eigenvalue weighted by Gasteiger charge is -2.05. The first kappa shape index (κ1) is 17.9. The van der Waals surface area contributed by atoms with Gasteiger partial charge in [-0.1, -0.05) is 63.6 Å². The van der Waals surface area contributed by atoms with Crippen LogP contribution in [0.25, 0.3) is 0 Å². The van der Waals surface area contributed by atoms with Crippen LogP contribution in [0.3, 0.4) is 0 Å². The molecule has 0 aliphatic carbocycles. The monoisotopic (exact) mass is 262 g/mol. The van der Waals surface area contributed by atoms with Crippen molar-refractivity contribution >= 4 is 5.78 Å². The highest BCUT2D eigenvalue weighted by molar-refractivity contribution is 5.78. The van der Waals surface area contributed by atoms with Gasteiger partial charge in [-0.05, 0) is 31.6 Å². The van der Waals surface area contributed by atoms with Crippen LogP contribution in [0.1, 0.15) is 58.9 Å². The van der Waals surface area contributed by atoms with E-state index in [2.05, 4.69) is 46.8 Å². The number of aryl methyl sites for hydroxylation is 1. The van der Waals surface area contributed by atoms with Gasteiger partial charge in [0.2, 0.25) is 0 Å². The second-order valence-corrected chi connectivity index (χ2v) is 6.06. The molecule has 0 saturated carbocycles. The van der Waals surface area contributed by atoms with Crippen LogP contribution in [0.4, 0.5) is 0 Å². The number of carbonyl (C=O) groups is 1. The summed E-state index contributed by atoms with van der Waals surface area (Å²) in [5.74, 6) is 1.76. The Morgan fingerprint density at radius 3 is 1.58 bits per heavy atom. The van der Waals surface area contributed by atoms with Gasteiger partial charge in [-0.15, -0.1) is 0 Å². The Morgan fingerprint density at radius 2 is 1.32 bits per heavy atom. The molecule has 0 heterocycles. The van der Waals surface area contributed by atoms with Crippen LogP contribution in [0, 0.1) is 18.8 Å². The Balaban J connectivity index is 0.000000388. The van der Waals surface area contributed by atoms with E-state index in [1.807, 2.05) is 18.2 Å². The molecule has 1 rings (SSSR count). The molecule has 19 heavy (non-hydrogen) atoms. The number of hydrogen-bond acceptors (Lipinski definition) is 1.